The van der Waals surface area contributed by atoms with Crippen molar-refractivity contribution >= 4 is 23.6 Å². The van der Waals surface area contributed by atoms with Crippen LogP contribution in [-0.2, 0) is 21.9 Å². The first-order chi connectivity index (χ1) is 14.8. The zero-order valence-electron chi connectivity index (χ0n) is 19.5. The van der Waals surface area contributed by atoms with Gasteiger partial charge in [0, 0.05) is 18.8 Å². The van der Waals surface area contributed by atoms with Crippen molar-refractivity contribution in [3.05, 3.63) is 70.3 Å². The molecule has 168 valence electrons. The van der Waals surface area contributed by atoms with Gasteiger partial charge in [-0.15, -0.1) is 11.8 Å². The molecule has 0 radical (unpaired) electrons. The van der Waals surface area contributed by atoms with Gasteiger partial charge in [-0.05, 0) is 44.7 Å². The molecule has 2 aromatic carbocycles. The van der Waals surface area contributed by atoms with Gasteiger partial charge in [0.05, 0.1) is 5.75 Å². The van der Waals surface area contributed by atoms with Gasteiger partial charge >= 0.3 is 0 Å². The van der Waals surface area contributed by atoms with E-state index in [9.17, 15) is 9.59 Å². The Hall–Kier alpha value is -2.27. The zero-order chi connectivity index (χ0) is 22.8. The molecule has 1 N–H and O–H groups in total. The van der Waals surface area contributed by atoms with Crippen LogP contribution in [0, 0.1) is 20.8 Å². The highest BCUT2D eigenvalue weighted by molar-refractivity contribution is 7.99. The maximum Gasteiger partial charge on any atom is 0.242 e. The Balaban J connectivity index is 2.13. The molecule has 2 aromatic rings. The molecule has 0 fully saturated rings. The van der Waals surface area contributed by atoms with E-state index < -0.39 is 6.04 Å². The zero-order valence-corrected chi connectivity index (χ0v) is 20.3. The van der Waals surface area contributed by atoms with Crippen molar-refractivity contribution in [3.8, 4) is 0 Å². The lowest BCUT2D eigenvalue weighted by atomic mass is 10.1. The summed E-state index contributed by atoms with van der Waals surface area (Å²) in [7, 11) is 0. The summed E-state index contributed by atoms with van der Waals surface area (Å²) in [5.41, 5.74) is 5.91. The SMILES string of the molecule is CCCNC(=O)[C@@H](CC)N(Cc1cccc(C)c1)C(=O)CSCc1cc(C)cc(C)c1. The number of nitrogens with one attached hydrogen (secondary N) is 1. The summed E-state index contributed by atoms with van der Waals surface area (Å²) in [6.07, 6.45) is 1.47. The van der Waals surface area contributed by atoms with Crippen LogP contribution < -0.4 is 5.32 Å². The Labute approximate surface area is 191 Å². The minimum Gasteiger partial charge on any atom is -0.354 e. The van der Waals surface area contributed by atoms with Gasteiger partial charge in [-0.1, -0.05) is 73.0 Å². The maximum absolute atomic E-state index is 13.3. The molecule has 0 saturated heterocycles. The fourth-order valence-electron chi connectivity index (χ4n) is 3.78. The number of thioether (sulfide) groups is 1. The van der Waals surface area contributed by atoms with Gasteiger partial charge in [-0.25, -0.2) is 0 Å². The summed E-state index contributed by atoms with van der Waals surface area (Å²) in [6.45, 7) is 11.3. The number of carbonyl (C=O) groups excluding carboxylic acids is 2. The van der Waals surface area contributed by atoms with E-state index in [1.165, 1.54) is 16.7 Å². The topological polar surface area (TPSA) is 49.4 Å². The third-order valence-electron chi connectivity index (χ3n) is 5.15. The van der Waals surface area contributed by atoms with Gasteiger partial charge in [0.15, 0.2) is 0 Å². The molecule has 5 heteroatoms. The molecule has 0 aliphatic rings. The normalized spacial score (nSPS) is 11.8. The lowest BCUT2D eigenvalue weighted by Gasteiger charge is -2.30. The second-order valence-corrected chi connectivity index (χ2v) is 9.20. The van der Waals surface area contributed by atoms with Gasteiger partial charge in [-0.3, -0.25) is 9.59 Å². The van der Waals surface area contributed by atoms with Crippen molar-refractivity contribution in [3.63, 3.8) is 0 Å². The molecule has 2 rings (SSSR count). The second-order valence-electron chi connectivity index (χ2n) is 8.21. The van der Waals surface area contributed by atoms with Crippen LogP contribution in [0.1, 0.15) is 54.5 Å². The minimum atomic E-state index is -0.457. The number of rotatable bonds is 11. The fraction of sp³-hybridized carbons (Fsp3) is 0.462. The number of hydrogen-bond acceptors (Lipinski definition) is 3. The van der Waals surface area contributed by atoms with Crippen molar-refractivity contribution in [2.75, 3.05) is 12.3 Å². The summed E-state index contributed by atoms with van der Waals surface area (Å²) in [5, 5.41) is 2.97. The lowest BCUT2D eigenvalue weighted by molar-refractivity contribution is -0.139. The highest BCUT2D eigenvalue weighted by atomic mass is 32.2. The van der Waals surface area contributed by atoms with Crippen LogP contribution in [-0.4, -0.2) is 35.1 Å². The first-order valence-corrected chi connectivity index (χ1v) is 12.3. The molecule has 4 nitrogen and oxygen atoms in total. The van der Waals surface area contributed by atoms with Gasteiger partial charge in [-0.2, -0.15) is 0 Å². The van der Waals surface area contributed by atoms with E-state index in [0.29, 0.717) is 25.3 Å². The molecule has 0 heterocycles. The van der Waals surface area contributed by atoms with E-state index in [2.05, 4.69) is 43.4 Å². The molecule has 0 unspecified atom stereocenters. The quantitative estimate of drug-likeness (QED) is 0.524. The smallest absolute Gasteiger partial charge is 0.242 e. The van der Waals surface area contributed by atoms with Gasteiger partial charge in [0.2, 0.25) is 11.8 Å². The van der Waals surface area contributed by atoms with E-state index in [1.807, 2.05) is 39.0 Å². The van der Waals surface area contributed by atoms with E-state index in [4.69, 9.17) is 0 Å². The average molecular weight is 441 g/mol. The number of carbonyl (C=O) groups is 2. The molecule has 2 amide bonds. The number of amides is 2. The van der Waals surface area contributed by atoms with Crippen molar-refractivity contribution in [2.24, 2.45) is 0 Å². The molecular weight excluding hydrogens is 404 g/mol. The summed E-state index contributed by atoms with van der Waals surface area (Å²) < 4.78 is 0. The van der Waals surface area contributed by atoms with Crippen LogP contribution in [0.3, 0.4) is 0 Å². The molecule has 0 aliphatic heterocycles. The van der Waals surface area contributed by atoms with Crippen LogP contribution in [0.2, 0.25) is 0 Å². The number of aryl methyl sites for hydroxylation is 3. The minimum absolute atomic E-state index is 0.00868. The van der Waals surface area contributed by atoms with Gasteiger partial charge in [0.25, 0.3) is 0 Å². The highest BCUT2D eigenvalue weighted by Crippen LogP contribution is 2.19. The van der Waals surface area contributed by atoms with E-state index in [1.54, 1.807) is 16.7 Å². The largest absolute Gasteiger partial charge is 0.354 e. The molecule has 0 aliphatic carbocycles. The molecule has 0 aromatic heterocycles. The molecular formula is C26H36N2O2S. The Morgan fingerprint density at radius 2 is 1.65 bits per heavy atom. The van der Waals surface area contributed by atoms with Crippen LogP contribution in [0.4, 0.5) is 0 Å². The lowest BCUT2D eigenvalue weighted by Crippen LogP contribution is -2.49. The fourth-order valence-corrected chi connectivity index (χ4v) is 4.63. The summed E-state index contributed by atoms with van der Waals surface area (Å²) in [6, 6.07) is 14.2. The molecule has 1 atom stereocenters. The third-order valence-corrected chi connectivity index (χ3v) is 6.13. The third kappa shape index (κ3) is 8.06. The predicted octanol–water partition coefficient (Wildman–Crippen LogP) is 5.18. The first kappa shape index (κ1) is 25.0. The summed E-state index contributed by atoms with van der Waals surface area (Å²) >= 11 is 1.61. The van der Waals surface area contributed by atoms with E-state index in [-0.39, 0.29) is 11.8 Å². The number of benzene rings is 2. The summed E-state index contributed by atoms with van der Waals surface area (Å²) in [4.78, 5) is 27.8. The Bertz CT molecular complexity index is 861. The van der Waals surface area contributed by atoms with Crippen molar-refractivity contribution < 1.29 is 9.59 Å². The first-order valence-electron chi connectivity index (χ1n) is 11.1. The van der Waals surface area contributed by atoms with Crippen LogP contribution in [0.5, 0.6) is 0 Å². The monoisotopic (exact) mass is 440 g/mol. The van der Waals surface area contributed by atoms with Crippen LogP contribution in [0.15, 0.2) is 42.5 Å². The summed E-state index contributed by atoms with van der Waals surface area (Å²) in [5.74, 6) is 1.08. The molecule has 0 spiro atoms. The molecule has 31 heavy (non-hydrogen) atoms. The van der Waals surface area contributed by atoms with Crippen LogP contribution in [0.25, 0.3) is 0 Å². The second kappa shape index (κ2) is 12.6. The van der Waals surface area contributed by atoms with Gasteiger partial charge in [0.1, 0.15) is 6.04 Å². The van der Waals surface area contributed by atoms with Gasteiger partial charge < -0.3 is 10.2 Å². The van der Waals surface area contributed by atoms with Crippen molar-refractivity contribution in [1.82, 2.24) is 10.2 Å². The van der Waals surface area contributed by atoms with Crippen molar-refractivity contribution in [1.29, 1.82) is 0 Å². The standard InChI is InChI=1S/C26H36N2O2S/c1-6-11-27-26(30)24(7-2)28(16-22-10-8-9-19(3)13-22)25(29)18-31-17-23-14-20(4)12-21(5)15-23/h8-10,12-15,24H,6-7,11,16-18H2,1-5H3,(H,27,30)/t24-/m1/s1. The van der Waals surface area contributed by atoms with E-state index >= 15 is 0 Å². The van der Waals surface area contributed by atoms with E-state index in [0.717, 1.165) is 23.3 Å². The van der Waals surface area contributed by atoms with Crippen molar-refractivity contribution in [2.45, 2.75) is 65.8 Å². The molecule has 0 saturated carbocycles. The number of nitrogens with zero attached hydrogens (tertiary/aromatic N) is 1. The maximum atomic E-state index is 13.3. The highest BCUT2D eigenvalue weighted by Gasteiger charge is 2.28. The average Bonchev–Trinajstić information content (AvgIpc) is 2.71. The Kier molecular flexibility index (Phi) is 10.1. The predicted molar refractivity (Wildman–Crippen MR) is 131 cm³/mol. The Morgan fingerprint density at radius 3 is 2.26 bits per heavy atom. The molecule has 0 bridgehead atoms. The van der Waals surface area contributed by atoms with Crippen LogP contribution >= 0.6 is 11.8 Å². The Morgan fingerprint density at radius 1 is 0.968 bits per heavy atom. The number of hydrogen-bond donors (Lipinski definition) is 1.